The summed E-state index contributed by atoms with van der Waals surface area (Å²) in [5, 5.41) is 6.10. The maximum Gasteiger partial charge on any atom is 0.251 e. The summed E-state index contributed by atoms with van der Waals surface area (Å²) in [4.78, 5) is 11.6. The zero-order valence-corrected chi connectivity index (χ0v) is 13.6. The van der Waals surface area contributed by atoms with E-state index in [1.165, 1.54) is 12.1 Å². The summed E-state index contributed by atoms with van der Waals surface area (Å²) in [6, 6.07) is 14.6. The molecule has 2 aromatic rings. The molecular weight excluding hydrogens is 291 g/mol. The zero-order valence-electron chi connectivity index (χ0n) is 13.6. The van der Waals surface area contributed by atoms with Gasteiger partial charge in [0.15, 0.2) is 0 Å². The first-order valence-corrected chi connectivity index (χ1v) is 7.87. The maximum absolute atomic E-state index is 12.9. The molecule has 2 rings (SSSR count). The molecule has 1 amide bonds. The molecule has 0 bridgehead atoms. The summed E-state index contributed by atoms with van der Waals surface area (Å²) in [5.74, 6) is -0.269. The van der Waals surface area contributed by atoms with Gasteiger partial charge in [-0.1, -0.05) is 24.3 Å². The van der Waals surface area contributed by atoms with Crippen LogP contribution in [0.25, 0.3) is 0 Å². The smallest absolute Gasteiger partial charge is 0.251 e. The third-order valence-electron chi connectivity index (χ3n) is 3.78. The van der Waals surface area contributed by atoms with E-state index < -0.39 is 0 Å². The number of nitrogens with one attached hydrogen (secondary N) is 2. The molecule has 0 aromatic heterocycles. The van der Waals surface area contributed by atoms with Gasteiger partial charge >= 0.3 is 0 Å². The summed E-state index contributed by atoms with van der Waals surface area (Å²) in [6.07, 6.45) is 1.72. The minimum Gasteiger partial charge on any atom is -0.355 e. The van der Waals surface area contributed by atoms with Gasteiger partial charge in [-0.2, -0.15) is 0 Å². The van der Waals surface area contributed by atoms with Gasteiger partial charge in [-0.15, -0.1) is 0 Å². The van der Waals surface area contributed by atoms with Crippen LogP contribution in [0.2, 0.25) is 0 Å². The molecule has 0 saturated heterocycles. The average molecular weight is 314 g/mol. The summed E-state index contributed by atoms with van der Waals surface area (Å²) in [7, 11) is 1.63. The Morgan fingerprint density at radius 1 is 1.13 bits per heavy atom. The minimum atomic E-state index is -0.203. The number of halogens is 1. The fourth-order valence-corrected chi connectivity index (χ4v) is 2.52. The Hall–Kier alpha value is -2.20. The standard InChI is InChI=1S/C19H23FN2O/c1-14(12-16-6-8-18(20)9-7-16)22-11-10-15-4-3-5-17(13-15)19(23)21-2/h3-9,13-14,22H,10-12H2,1-2H3,(H,21,23)/t14-/m0/s1. The second-order valence-electron chi connectivity index (χ2n) is 5.72. The summed E-state index contributed by atoms with van der Waals surface area (Å²) in [5.41, 5.74) is 2.94. The van der Waals surface area contributed by atoms with E-state index in [2.05, 4.69) is 17.6 Å². The van der Waals surface area contributed by atoms with Crippen molar-refractivity contribution < 1.29 is 9.18 Å². The van der Waals surface area contributed by atoms with Gasteiger partial charge in [0, 0.05) is 18.7 Å². The highest BCUT2D eigenvalue weighted by Gasteiger charge is 2.05. The van der Waals surface area contributed by atoms with Crippen LogP contribution in [0.15, 0.2) is 48.5 Å². The first kappa shape index (κ1) is 17.2. The molecule has 122 valence electrons. The van der Waals surface area contributed by atoms with Gasteiger partial charge in [-0.05, 0) is 61.7 Å². The number of carbonyl (C=O) groups excluding carboxylic acids is 1. The van der Waals surface area contributed by atoms with Crippen LogP contribution in [0.1, 0.15) is 28.4 Å². The Kier molecular flexibility index (Phi) is 6.29. The van der Waals surface area contributed by atoms with Crippen LogP contribution in [0.5, 0.6) is 0 Å². The normalized spacial score (nSPS) is 12.0. The lowest BCUT2D eigenvalue weighted by Crippen LogP contribution is -2.30. The molecule has 0 heterocycles. The summed E-state index contributed by atoms with van der Waals surface area (Å²) in [6.45, 7) is 2.95. The Morgan fingerprint density at radius 2 is 1.87 bits per heavy atom. The van der Waals surface area contributed by atoms with E-state index in [1.54, 1.807) is 7.05 Å². The number of rotatable bonds is 7. The largest absolute Gasteiger partial charge is 0.355 e. The van der Waals surface area contributed by atoms with Crippen molar-refractivity contribution in [3.63, 3.8) is 0 Å². The third kappa shape index (κ3) is 5.49. The molecule has 0 aliphatic heterocycles. The fraction of sp³-hybridized carbons (Fsp3) is 0.316. The molecule has 2 aromatic carbocycles. The van der Waals surface area contributed by atoms with Crippen LogP contribution < -0.4 is 10.6 Å². The highest BCUT2D eigenvalue weighted by atomic mass is 19.1. The lowest BCUT2D eigenvalue weighted by molar-refractivity contribution is 0.0963. The zero-order chi connectivity index (χ0) is 16.7. The van der Waals surface area contributed by atoms with Gasteiger partial charge in [0.1, 0.15) is 5.82 Å². The van der Waals surface area contributed by atoms with Crippen LogP contribution >= 0.6 is 0 Å². The van der Waals surface area contributed by atoms with Gasteiger partial charge in [0.05, 0.1) is 0 Å². The second-order valence-corrected chi connectivity index (χ2v) is 5.72. The van der Waals surface area contributed by atoms with Crippen molar-refractivity contribution in [2.75, 3.05) is 13.6 Å². The Balaban J connectivity index is 1.80. The van der Waals surface area contributed by atoms with Crippen LogP contribution in [0.4, 0.5) is 4.39 Å². The van der Waals surface area contributed by atoms with Crippen LogP contribution in [0, 0.1) is 5.82 Å². The number of hydrogen-bond donors (Lipinski definition) is 2. The molecule has 0 spiro atoms. The van der Waals surface area contributed by atoms with E-state index in [-0.39, 0.29) is 11.7 Å². The van der Waals surface area contributed by atoms with E-state index in [0.29, 0.717) is 11.6 Å². The van der Waals surface area contributed by atoms with Crippen molar-refractivity contribution in [2.24, 2.45) is 0 Å². The Bertz CT molecular complexity index is 640. The molecule has 0 fully saturated rings. The topological polar surface area (TPSA) is 41.1 Å². The van der Waals surface area contributed by atoms with Gasteiger partial charge in [0.25, 0.3) is 5.91 Å². The van der Waals surface area contributed by atoms with E-state index in [1.807, 2.05) is 36.4 Å². The molecule has 0 radical (unpaired) electrons. The molecule has 2 N–H and O–H groups in total. The summed E-state index contributed by atoms with van der Waals surface area (Å²) < 4.78 is 12.9. The predicted molar refractivity (Wildman–Crippen MR) is 91.1 cm³/mol. The van der Waals surface area contributed by atoms with E-state index in [0.717, 1.165) is 30.5 Å². The molecule has 4 heteroatoms. The van der Waals surface area contributed by atoms with Crippen molar-refractivity contribution >= 4 is 5.91 Å². The van der Waals surface area contributed by atoms with Gasteiger partial charge in [0.2, 0.25) is 0 Å². The minimum absolute atomic E-state index is 0.0653. The van der Waals surface area contributed by atoms with E-state index >= 15 is 0 Å². The molecule has 0 saturated carbocycles. The molecular formula is C19H23FN2O. The van der Waals surface area contributed by atoms with E-state index in [9.17, 15) is 9.18 Å². The molecule has 1 atom stereocenters. The van der Waals surface area contributed by atoms with Crippen LogP contribution in [-0.4, -0.2) is 25.5 Å². The van der Waals surface area contributed by atoms with Gasteiger partial charge < -0.3 is 10.6 Å². The van der Waals surface area contributed by atoms with Crippen molar-refractivity contribution in [3.8, 4) is 0 Å². The molecule has 0 aliphatic rings. The average Bonchev–Trinajstić information content (AvgIpc) is 2.56. The summed E-state index contributed by atoms with van der Waals surface area (Å²) >= 11 is 0. The van der Waals surface area contributed by atoms with Crippen LogP contribution in [-0.2, 0) is 12.8 Å². The quantitative estimate of drug-likeness (QED) is 0.825. The first-order valence-electron chi connectivity index (χ1n) is 7.87. The SMILES string of the molecule is CNC(=O)c1cccc(CCN[C@@H](C)Cc2ccc(F)cc2)c1. The lowest BCUT2D eigenvalue weighted by atomic mass is 10.1. The number of carbonyl (C=O) groups is 1. The van der Waals surface area contributed by atoms with Gasteiger partial charge in [-0.25, -0.2) is 4.39 Å². The molecule has 0 unspecified atom stereocenters. The van der Waals surface area contributed by atoms with Crippen LogP contribution in [0.3, 0.4) is 0 Å². The Morgan fingerprint density at radius 3 is 2.57 bits per heavy atom. The maximum atomic E-state index is 12.9. The highest BCUT2D eigenvalue weighted by molar-refractivity contribution is 5.94. The molecule has 3 nitrogen and oxygen atoms in total. The van der Waals surface area contributed by atoms with E-state index in [4.69, 9.17) is 0 Å². The number of amides is 1. The molecule has 0 aliphatic carbocycles. The van der Waals surface area contributed by atoms with Crippen molar-refractivity contribution in [2.45, 2.75) is 25.8 Å². The molecule has 23 heavy (non-hydrogen) atoms. The highest BCUT2D eigenvalue weighted by Crippen LogP contribution is 2.07. The van der Waals surface area contributed by atoms with Crippen molar-refractivity contribution in [1.29, 1.82) is 0 Å². The fourth-order valence-electron chi connectivity index (χ4n) is 2.52. The predicted octanol–water partition coefficient (Wildman–Crippen LogP) is 2.95. The number of hydrogen-bond acceptors (Lipinski definition) is 2. The third-order valence-corrected chi connectivity index (χ3v) is 3.78. The van der Waals surface area contributed by atoms with Crippen molar-refractivity contribution in [3.05, 3.63) is 71.0 Å². The monoisotopic (exact) mass is 314 g/mol. The first-order chi connectivity index (χ1) is 11.1. The second kappa shape index (κ2) is 8.44. The lowest BCUT2D eigenvalue weighted by Gasteiger charge is -2.14. The van der Waals surface area contributed by atoms with Gasteiger partial charge in [-0.3, -0.25) is 4.79 Å². The van der Waals surface area contributed by atoms with Crippen molar-refractivity contribution in [1.82, 2.24) is 10.6 Å². The Labute approximate surface area is 136 Å². The number of benzene rings is 2.